The number of aryl methyl sites for hydroxylation is 1. The third-order valence-electron chi connectivity index (χ3n) is 4.53. The van der Waals surface area contributed by atoms with Crippen LogP contribution in [-0.4, -0.2) is 62.5 Å². The number of rotatable bonds is 10. The number of likely N-dealkylation sites (N-methyl/N-ethyl adjacent to an activating group) is 2. The van der Waals surface area contributed by atoms with Crippen molar-refractivity contribution in [1.82, 2.24) is 9.80 Å². The van der Waals surface area contributed by atoms with Gasteiger partial charge in [0.2, 0.25) is 11.8 Å². The summed E-state index contributed by atoms with van der Waals surface area (Å²) in [5.74, 6) is 1.00. The lowest BCUT2D eigenvalue weighted by molar-refractivity contribution is -0.134. The number of carbonyl (C=O) groups excluding carboxylic acids is 2. The first-order chi connectivity index (χ1) is 14.3. The van der Waals surface area contributed by atoms with Crippen LogP contribution in [0.1, 0.15) is 18.1 Å². The SMILES string of the molecule is CCOc1ccc(CN(C)CC(=O)N(C)CC(=O)Nc2ccc(C)cc2)cc1OC. The molecule has 0 spiro atoms. The van der Waals surface area contributed by atoms with Gasteiger partial charge in [-0.15, -0.1) is 0 Å². The molecule has 7 heteroatoms. The number of amides is 2. The van der Waals surface area contributed by atoms with E-state index in [0.717, 1.165) is 11.1 Å². The van der Waals surface area contributed by atoms with Gasteiger partial charge in [-0.3, -0.25) is 14.5 Å². The van der Waals surface area contributed by atoms with E-state index < -0.39 is 0 Å². The second-order valence-corrected chi connectivity index (χ2v) is 7.25. The van der Waals surface area contributed by atoms with Gasteiger partial charge >= 0.3 is 0 Å². The molecule has 2 aromatic rings. The Bertz CT molecular complexity index is 852. The zero-order chi connectivity index (χ0) is 22.1. The van der Waals surface area contributed by atoms with Gasteiger partial charge in [0.05, 0.1) is 26.8 Å². The molecule has 162 valence electrons. The number of hydrogen-bond acceptors (Lipinski definition) is 5. The van der Waals surface area contributed by atoms with Crippen molar-refractivity contribution in [3.63, 3.8) is 0 Å². The van der Waals surface area contributed by atoms with Crippen LogP contribution in [0.5, 0.6) is 11.5 Å². The molecule has 2 rings (SSSR count). The highest BCUT2D eigenvalue weighted by atomic mass is 16.5. The summed E-state index contributed by atoms with van der Waals surface area (Å²) in [6, 6.07) is 13.3. The zero-order valence-electron chi connectivity index (χ0n) is 18.4. The van der Waals surface area contributed by atoms with Crippen molar-refractivity contribution in [3.05, 3.63) is 53.6 Å². The first-order valence-corrected chi connectivity index (χ1v) is 9.91. The highest BCUT2D eigenvalue weighted by molar-refractivity contribution is 5.94. The number of hydrogen-bond donors (Lipinski definition) is 1. The van der Waals surface area contributed by atoms with Gasteiger partial charge in [0, 0.05) is 19.3 Å². The second-order valence-electron chi connectivity index (χ2n) is 7.25. The number of ether oxygens (including phenoxy) is 2. The van der Waals surface area contributed by atoms with E-state index in [1.54, 1.807) is 14.2 Å². The minimum absolute atomic E-state index is 0.00255. The summed E-state index contributed by atoms with van der Waals surface area (Å²) in [5.41, 5.74) is 2.84. The minimum Gasteiger partial charge on any atom is -0.493 e. The molecule has 0 fully saturated rings. The van der Waals surface area contributed by atoms with Crippen molar-refractivity contribution in [2.45, 2.75) is 20.4 Å². The van der Waals surface area contributed by atoms with Crippen molar-refractivity contribution in [2.24, 2.45) is 0 Å². The Hall–Kier alpha value is -3.06. The van der Waals surface area contributed by atoms with Gasteiger partial charge in [0.25, 0.3) is 0 Å². The summed E-state index contributed by atoms with van der Waals surface area (Å²) in [6.07, 6.45) is 0. The molecular weight excluding hydrogens is 382 g/mol. The molecule has 0 bridgehead atoms. The van der Waals surface area contributed by atoms with Crippen molar-refractivity contribution in [3.8, 4) is 11.5 Å². The van der Waals surface area contributed by atoms with Crippen LogP contribution in [0.15, 0.2) is 42.5 Å². The van der Waals surface area contributed by atoms with E-state index in [1.165, 1.54) is 4.90 Å². The van der Waals surface area contributed by atoms with Crippen molar-refractivity contribution >= 4 is 17.5 Å². The average Bonchev–Trinajstić information content (AvgIpc) is 2.70. The Morgan fingerprint density at radius 1 is 1.00 bits per heavy atom. The maximum Gasteiger partial charge on any atom is 0.243 e. The molecule has 0 heterocycles. The van der Waals surface area contributed by atoms with E-state index in [9.17, 15) is 9.59 Å². The molecule has 1 N–H and O–H groups in total. The van der Waals surface area contributed by atoms with Crippen molar-refractivity contribution < 1.29 is 19.1 Å². The number of methoxy groups -OCH3 is 1. The van der Waals surface area contributed by atoms with Crippen LogP contribution in [0, 0.1) is 6.92 Å². The van der Waals surface area contributed by atoms with Gasteiger partial charge in [-0.1, -0.05) is 23.8 Å². The third-order valence-corrected chi connectivity index (χ3v) is 4.53. The molecular formula is C23H31N3O4. The fourth-order valence-electron chi connectivity index (χ4n) is 2.95. The molecule has 0 aliphatic heterocycles. The number of nitrogens with zero attached hydrogens (tertiary/aromatic N) is 2. The number of benzene rings is 2. The van der Waals surface area contributed by atoms with Gasteiger partial charge in [-0.2, -0.15) is 0 Å². The molecule has 2 amide bonds. The lowest BCUT2D eigenvalue weighted by Gasteiger charge is -2.22. The molecule has 0 saturated carbocycles. The Balaban J connectivity index is 1.85. The topological polar surface area (TPSA) is 71.1 Å². The molecule has 7 nitrogen and oxygen atoms in total. The van der Waals surface area contributed by atoms with Crippen LogP contribution in [0.2, 0.25) is 0 Å². The maximum atomic E-state index is 12.5. The van der Waals surface area contributed by atoms with Crippen LogP contribution >= 0.6 is 0 Å². The van der Waals surface area contributed by atoms with E-state index in [1.807, 2.05) is 68.3 Å². The Morgan fingerprint density at radius 2 is 1.70 bits per heavy atom. The van der Waals surface area contributed by atoms with Crippen molar-refractivity contribution in [1.29, 1.82) is 0 Å². The lowest BCUT2D eigenvalue weighted by atomic mass is 10.2. The third kappa shape index (κ3) is 7.08. The summed E-state index contributed by atoms with van der Waals surface area (Å²) in [6.45, 7) is 5.23. The van der Waals surface area contributed by atoms with Crippen LogP contribution in [0.4, 0.5) is 5.69 Å². The van der Waals surface area contributed by atoms with Crippen LogP contribution in [0.3, 0.4) is 0 Å². The fraction of sp³-hybridized carbons (Fsp3) is 0.391. The Labute approximate surface area is 178 Å². The highest BCUT2D eigenvalue weighted by Crippen LogP contribution is 2.28. The van der Waals surface area contributed by atoms with Crippen molar-refractivity contribution in [2.75, 3.05) is 46.2 Å². The molecule has 0 unspecified atom stereocenters. The van der Waals surface area contributed by atoms with E-state index in [-0.39, 0.29) is 24.9 Å². The van der Waals surface area contributed by atoms with Crippen LogP contribution < -0.4 is 14.8 Å². The van der Waals surface area contributed by atoms with E-state index >= 15 is 0 Å². The second kappa shape index (κ2) is 11.2. The minimum atomic E-state index is -0.228. The quantitative estimate of drug-likeness (QED) is 0.649. The van der Waals surface area contributed by atoms with Gasteiger partial charge in [0.1, 0.15) is 0 Å². The molecule has 30 heavy (non-hydrogen) atoms. The molecule has 0 radical (unpaired) electrons. The summed E-state index contributed by atoms with van der Waals surface area (Å²) in [5, 5.41) is 2.80. The normalized spacial score (nSPS) is 10.6. The first-order valence-electron chi connectivity index (χ1n) is 9.91. The van der Waals surface area contributed by atoms with Gasteiger partial charge in [0.15, 0.2) is 11.5 Å². The number of carbonyl (C=O) groups is 2. The summed E-state index contributed by atoms with van der Waals surface area (Å²) in [4.78, 5) is 28.0. The predicted octanol–water partition coefficient (Wildman–Crippen LogP) is 2.93. The molecule has 0 atom stereocenters. The van der Waals surface area contributed by atoms with Gasteiger partial charge in [-0.05, 0) is 50.7 Å². The Morgan fingerprint density at radius 3 is 2.33 bits per heavy atom. The largest absolute Gasteiger partial charge is 0.493 e. The summed E-state index contributed by atoms with van der Waals surface area (Å²) >= 11 is 0. The molecule has 0 aliphatic carbocycles. The average molecular weight is 414 g/mol. The first kappa shape index (κ1) is 23.2. The fourth-order valence-corrected chi connectivity index (χ4v) is 2.95. The smallest absolute Gasteiger partial charge is 0.243 e. The standard InChI is InChI=1S/C23H31N3O4/c1-6-30-20-12-9-18(13-21(20)29-5)14-25(3)16-23(28)26(4)15-22(27)24-19-10-7-17(2)8-11-19/h7-13H,6,14-16H2,1-5H3,(H,24,27). The van der Waals surface area contributed by atoms with Crippen LogP contribution in [-0.2, 0) is 16.1 Å². The van der Waals surface area contributed by atoms with E-state index in [2.05, 4.69) is 5.32 Å². The lowest BCUT2D eigenvalue weighted by Crippen LogP contribution is -2.40. The van der Waals surface area contributed by atoms with Gasteiger partial charge in [-0.25, -0.2) is 0 Å². The van der Waals surface area contributed by atoms with E-state index in [4.69, 9.17) is 9.47 Å². The monoisotopic (exact) mass is 413 g/mol. The summed E-state index contributed by atoms with van der Waals surface area (Å²) < 4.78 is 10.9. The van der Waals surface area contributed by atoms with E-state index in [0.29, 0.717) is 30.3 Å². The summed E-state index contributed by atoms with van der Waals surface area (Å²) in [7, 11) is 5.09. The molecule has 0 aromatic heterocycles. The Kier molecular flexibility index (Phi) is 8.68. The number of nitrogens with one attached hydrogen (secondary N) is 1. The highest BCUT2D eigenvalue weighted by Gasteiger charge is 2.16. The predicted molar refractivity (Wildman–Crippen MR) is 118 cm³/mol. The zero-order valence-corrected chi connectivity index (χ0v) is 18.4. The van der Waals surface area contributed by atoms with Crippen LogP contribution in [0.25, 0.3) is 0 Å². The van der Waals surface area contributed by atoms with Gasteiger partial charge < -0.3 is 19.7 Å². The maximum absolute atomic E-state index is 12.5. The molecule has 0 aliphatic rings. The molecule has 0 saturated heterocycles. The number of anilines is 1. The molecule has 2 aromatic carbocycles.